The molecule has 0 aromatic rings. The highest BCUT2D eigenvalue weighted by Crippen LogP contribution is 2.70. The average Bonchev–Trinajstić information content (AvgIpc) is 3.40. The number of epoxide rings is 1. The largest absolute Gasteiger partial charge is 0.390 e. The summed E-state index contributed by atoms with van der Waals surface area (Å²) in [6, 6.07) is 0. The van der Waals surface area contributed by atoms with E-state index in [1.807, 2.05) is 0 Å². The molecule has 2 heteroatoms. The lowest BCUT2D eigenvalue weighted by Gasteiger charge is -2.60. The Morgan fingerprint density at radius 3 is 2.52 bits per heavy atom. The molecule has 5 aliphatic rings. The van der Waals surface area contributed by atoms with E-state index in [1.165, 1.54) is 57.8 Å². The monoisotopic (exact) mass is 402 g/mol. The Hall–Kier alpha value is -0.0800. The van der Waals surface area contributed by atoms with Crippen molar-refractivity contribution in [3.05, 3.63) is 0 Å². The Kier molecular flexibility index (Phi) is 5.18. The van der Waals surface area contributed by atoms with Crippen molar-refractivity contribution < 1.29 is 9.84 Å². The Bertz CT molecular complexity index is 616. The van der Waals surface area contributed by atoms with Crippen molar-refractivity contribution in [2.45, 2.75) is 117 Å². The molecule has 0 spiro atoms. The van der Waals surface area contributed by atoms with E-state index >= 15 is 0 Å². The predicted octanol–water partition coefficient (Wildman–Crippen LogP) is 6.46. The zero-order valence-electron chi connectivity index (χ0n) is 19.7. The Morgan fingerprint density at radius 1 is 0.966 bits per heavy atom. The summed E-state index contributed by atoms with van der Waals surface area (Å²) in [6.45, 7) is 12.6. The lowest BCUT2D eigenvalue weighted by atomic mass is 9.44. The van der Waals surface area contributed by atoms with Gasteiger partial charge in [-0.3, -0.25) is 0 Å². The first-order valence-electron chi connectivity index (χ1n) is 13.1. The molecule has 11 atom stereocenters. The first kappa shape index (κ1) is 20.8. The van der Waals surface area contributed by atoms with Crippen LogP contribution in [-0.2, 0) is 4.74 Å². The van der Waals surface area contributed by atoms with Crippen LogP contribution >= 0.6 is 0 Å². The van der Waals surface area contributed by atoms with Crippen LogP contribution in [-0.4, -0.2) is 23.4 Å². The highest BCUT2D eigenvalue weighted by atomic mass is 16.6. The second-order valence-electron chi connectivity index (χ2n) is 12.9. The van der Waals surface area contributed by atoms with E-state index in [1.54, 1.807) is 0 Å². The van der Waals surface area contributed by atoms with Gasteiger partial charge in [-0.25, -0.2) is 0 Å². The van der Waals surface area contributed by atoms with Crippen LogP contribution in [0.3, 0.4) is 0 Å². The second kappa shape index (κ2) is 7.22. The molecule has 166 valence electrons. The maximum Gasteiger partial charge on any atom is 0.111 e. The first-order valence-corrected chi connectivity index (χ1v) is 13.1. The van der Waals surface area contributed by atoms with Crippen LogP contribution in [0.4, 0.5) is 0 Å². The zero-order chi connectivity index (χ0) is 20.6. The van der Waals surface area contributed by atoms with Gasteiger partial charge in [0, 0.05) is 5.41 Å². The lowest BCUT2D eigenvalue weighted by Crippen LogP contribution is -2.57. The van der Waals surface area contributed by atoms with Crippen LogP contribution in [0.1, 0.15) is 98.8 Å². The number of fused-ring (bicyclic) bond motifs is 7. The second-order valence-corrected chi connectivity index (χ2v) is 12.9. The highest BCUT2D eigenvalue weighted by molar-refractivity contribution is 5.17. The van der Waals surface area contributed by atoms with E-state index in [9.17, 15) is 5.11 Å². The molecule has 5 rings (SSSR count). The molecule has 1 saturated heterocycles. The predicted molar refractivity (Wildman–Crippen MR) is 119 cm³/mol. The van der Waals surface area contributed by atoms with Crippen molar-refractivity contribution in [3.8, 4) is 0 Å². The number of hydrogen-bond acceptors (Lipinski definition) is 2. The van der Waals surface area contributed by atoms with Crippen LogP contribution in [0, 0.1) is 52.3 Å². The fourth-order valence-corrected chi connectivity index (χ4v) is 9.65. The molecule has 1 aliphatic heterocycles. The summed E-state index contributed by atoms with van der Waals surface area (Å²) in [5, 5.41) is 10.4. The highest BCUT2D eigenvalue weighted by Gasteiger charge is 2.69. The summed E-state index contributed by atoms with van der Waals surface area (Å²) in [5.41, 5.74) is 0.925. The normalized spacial score (nSPS) is 54.3. The summed E-state index contributed by atoms with van der Waals surface area (Å²) in [7, 11) is 0. The smallest absolute Gasteiger partial charge is 0.111 e. The topological polar surface area (TPSA) is 32.8 Å². The van der Waals surface area contributed by atoms with Crippen LogP contribution < -0.4 is 0 Å². The molecule has 2 nitrogen and oxygen atoms in total. The molecular weight excluding hydrogens is 356 g/mol. The van der Waals surface area contributed by atoms with Gasteiger partial charge < -0.3 is 9.84 Å². The van der Waals surface area contributed by atoms with Crippen molar-refractivity contribution in [3.63, 3.8) is 0 Å². The minimum Gasteiger partial charge on any atom is -0.390 e. The molecule has 5 fully saturated rings. The molecular formula is C27H46O2. The third-order valence-electron chi connectivity index (χ3n) is 11.2. The van der Waals surface area contributed by atoms with Crippen molar-refractivity contribution in [1.82, 2.24) is 0 Å². The van der Waals surface area contributed by atoms with Crippen LogP contribution in [0.15, 0.2) is 0 Å². The minimum absolute atomic E-state index is 0.167. The van der Waals surface area contributed by atoms with Gasteiger partial charge >= 0.3 is 0 Å². The van der Waals surface area contributed by atoms with Gasteiger partial charge in [0.1, 0.15) is 6.10 Å². The Morgan fingerprint density at radius 2 is 1.76 bits per heavy atom. The van der Waals surface area contributed by atoms with Gasteiger partial charge in [-0.15, -0.1) is 0 Å². The Labute approximate surface area is 179 Å². The SMILES string of the molecule is CC(C)CCCC(C)C1CCC2C3CCC4CC(O)C5OC5C4(C)C3CCC12C. The van der Waals surface area contributed by atoms with E-state index < -0.39 is 0 Å². The molecule has 0 bridgehead atoms. The molecule has 0 radical (unpaired) electrons. The minimum atomic E-state index is -0.189. The van der Waals surface area contributed by atoms with E-state index in [4.69, 9.17) is 4.74 Å². The molecule has 4 saturated carbocycles. The first-order chi connectivity index (χ1) is 13.8. The zero-order valence-corrected chi connectivity index (χ0v) is 19.7. The fraction of sp³-hybridized carbons (Fsp3) is 1.00. The van der Waals surface area contributed by atoms with E-state index in [-0.39, 0.29) is 12.2 Å². The van der Waals surface area contributed by atoms with Gasteiger partial charge in [-0.1, -0.05) is 53.9 Å². The molecule has 4 aliphatic carbocycles. The number of hydrogen-bond donors (Lipinski definition) is 1. The third kappa shape index (κ3) is 3.09. The van der Waals surface area contributed by atoms with E-state index in [2.05, 4.69) is 34.6 Å². The van der Waals surface area contributed by atoms with Crippen LogP contribution in [0.25, 0.3) is 0 Å². The summed E-state index contributed by atoms with van der Waals surface area (Å²) in [5.74, 6) is 6.10. The average molecular weight is 403 g/mol. The van der Waals surface area contributed by atoms with Crippen LogP contribution in [0.5, 0.6) is 0 Å². The van der Waals surface area contributed by atoms with Gasteiger partial charge in [-0.2, -0.15) is 0 Å². The number of rotatable bonds is 5. The lowest BCUT2D eigenvalue weighted by molar-refractivity contribution is -0.122. The molecule has 11 unspecified atom stereocenters. The van der Waals surface area contributed by atoms with Gasteiger partial charge in [0.15, 0.2) is 0 Å². The van der Waals surface area contributed by atoms with Gasteiger partial charge in [0.05, 0.1) is 12.2 Å². The van der Waals surface area contributed by atoms with Crippen molar-refractivity contribution in [2.24, 2.45) is 52.3 Å². The van der Waals surface area contributed by atoms with Crippen molar-refractivity contribution in [1.29, 1.82) is 0 Å². The molecule has 0 amide bonds. The maximum absolute atomic E-state index is 10.4. The Balaban J connectivity index is 1.31. The quantitative estimate of drug-likeness (QED) is 0.536. The molecule has 1 N–H and O–H groups in total. The maximum atomic E-state index is 10.4. The van der Waals surface area contributed by atoms with Crippen molar-refractivity contribution in [2.75, 3.05) is 0 Å². The summed E-state index contributed by atoms with van der Waals surface area (Å²) in [6.07, 6.45) is 14.2. The summed E-state index contributed by atoms with van der Waals surface area (Å²) in [4.78, 5) is 0. The van der Waals surface area contributed by atoms with Gasteiger partial charge in [0.2, 0.25) is 0 Å². The van der Waals surface area contributed by atoms with E-state index in [0.29, 0.717) is 22.9 Å². The molecule has 0 aromatic carbocycles. The van der Waals surface area contributed by atoms with E-state index in [0.717, 1.165) is 41.9 Å². The van der Waals surface area contributed by atoms with Gasteiger partial charge in [-0.05, 0) is 91.8 Å². The fourth-order valence-electron chi connectivity index (χ4n) is 9.65. The third-order valence-corrected chi connectivity index (χ3v) is 11.2. The number of aliphatic hydroxyl groups excluding tert-OH is 1. The number of ether oxygens (including phenoxy) is 1. The van der Waals surface area contributed by atoms with Gasteiger partial charge in [0.25, 0.3) is 0 Å². The number of aliphatic hydroxyl groups is 1. The summed E-state index contributed by atoms with van der Waals surface area (Å²) < 4.78 is 6.12. The summed E-state index contributed by atoms with van der Waals surface area (Å²) >= 11 is 0. The van der Waals surface area contributed by atoms with Crippen LogP contribution in [0.2, 0.25) is 0 Å². The molecule has 29 heavy (non-hydrogen) atoms. The molecule has 1 heterocycles. The molecule has 0 aromatic heterocycles. The standard InChI is InChI=1S/C27H46O2/c1-16(2)7-6-8-17(3)20-11-12-21-19-10-9-18-15-23(28)24-25(29-24)27(18,5)22(19)13-14-26(20,21)4/h16-25,28H,6-15H2,1-5H3. The van der Waals surface area contributed by atoms with Crippen molar-refractivity contribution >= 4 is 0 Å².